The zero-order chi connectivity index (χ0) is 13.7. The van der Waals surface area contributed by atoms with Gasteiger partial charge >= 0.3 is 0 Å². The van der Waals surface area contributed by atoms with Crippen molar-refractivity contribution in [3.8, 4) is 0 Å². The third-order valence-corrected chi connectivity index (χ3v) is 4.25. The predicted molar refractivity (Wildman–Crippen MR) is 82.1 cm³/mol. The van der Waals surface area contributed by atoms with E-state index in [1.54, 1.807) is 0 Å². The summed E-state index contributed by atoms with van der Waals surface area (Å²) in [4.78, 5) is 2.60. The fourth-order valence-electron chi connectivity index (χ4n) is 3.15. The van der Waals surface area contributed by atoms with Gasteiger partial charge in [0.1, 0.15) is 0 Å². The van der Waals surface area contributed by atoms with Crippen molar-refractivity contribution >= 4 is 0 Å². The summed E-state index contributed by atoms with van der Waals surface area (Å²) in [5, 5.41) is 0. The van der Waals surface area contributed by atoms with E-state index < -0.39 is 0 Å². The van der Waals surface area contributed by atoms with Crippen LogP contribution in [0.1, 0.15) is 43.7 Å². The normalized spacial score (nSPS) is 22.4. The van der Waals surface area contributed by atoms with Crippen molar-refractivity contribution in [1.29, 1.82) is 0 Å². The van der Waals surface area contributed by atoms with Crippen LogP contribution in [0.5, 0.6) is 0 Å². The average Bonchev–Trinajstić information content (AvgIpc) is 2.39. The Balaban J connectivity index is 1.87. The molecule has 0 amide bonds. The molecule has 106 valence electrons. The molecular formula is C17H28N2. The molecule has 0 aliphatic carbocycles. The fourth-order valence-corrected chi connectivity index (χ4v) is 3.15. The van der Waals surface area contributed by atoms with Gasteiger partial charge in [0, 0.05) is 19.1 Å². The molecule has 0 radical (unpaired) electrons. The Kier molecular flexibility index (Phi) is 5.41. The van der Waals surface area contributed by atoms with Crippen LogP contribution in [0.15, 0.2) is 24.3 Å². The number of nitrogens with two attached hydrogens (primary N) is 1. The molecule has 0 bridgehead atoms. The van der Waals surface area contributed by atoms with E-state index in [2.05, 4.69) is 43.0 Å². The first-order valence-electron chi connectivity index (χ1n) is 7.71. The van der Waals surface area contributed by atoms with Crippen molar-refractivity contribution in [2.75, 3.05) is 13.1 Å². The second-order valence-corrected chi connectivity index (χ2v) is 6.14. The Bertz CT molecular complexity index is 389. The highest BCUT2D eigenvalue weighted by atomic mass is 15.1. The molecule has 1 aromatic carbocycles. The van der Waals surface area contributed by atoms with Crippen molar-refractivity contribution < 1.29 is 0 Å². The van der Waals surface area contributed by atoms with Crippen molar-refractivity contribution in [1.82, 2.24) is 4.90 Å². The zero-order valence-corrected chi connectivity index (χ0v) is 12.4. The standard InChI is InChI=1S/C17H28N2/c1-3-17(18)11-16-8-5-9-19(13-16)12-15-7-4-6-14(2)10-15/h4,6-7,10,16-17H,3,5,8-9,11-13,18H2,1-2H3. The van der Waals surface area contributed by atoms with E-state index >= 15 is 0 Å². The molecule has 1 fully saturated rings. The van der Waals surface area contributed by atoms with Crippen LogP contribution in [-0.4, -0.2) is 24.0 Å². The lowest BCUT2D eigenvalue weighted by molar-refractivity contribution is 0.156. The number of hydrogen-bond donors (Lipinski definition) is 1. The Morgan fingerprint density at radius 1 is 1.42 bits per heavy atom. The van der Waals surface area contributed by atoms with Crippen molar-refractivity contribution in [3.05, 3.63) is 35.4 Å². The molecule has 2 unspecified atom stereocenters. The summed E-state index contributed by atoms with van der Waals surface area (Å²) in [7, 11) is 0. The number of piperidine rings is 1. The first-order chi connectivity index (χ1) is 9.17. The second kappa shape index (κ2) is 7.06. The van der Waals surface area contributed by atoms with Crippen LogP contribution in [-0.2, 0) is 6.54 Å². The third-order valence-electron chi connectivity index (χ3n) is 4.25. The Hall–Kier alpha value is -0.860. The third kappa shape index (κ3) is 4.63. The fraction of sp³-hybridized carbons (Fsp3) is 0.647. The van der Waals surface area contributed by atoms with Gasteiger partial charge in [-0.2, -0.15) is 0 Å². The van der Waals surface area contributed by atoms with E-state index in [1.807, 2.05) is 0 Å². The zero-order valence-electron chi connectivity index (χ0n) is 12.4. The van der Waals surface area contributed by atoms with Crippen LogP contribution in [0.2, 0.25) is 0 Å². The largest absolute Gasteiger partial charge is 0.328 e. The first kappa shape index (κ1) is 14.5. The molecule has 0 saturated carbocycles. The van der Waals surface area contributed by atoms with Gasteiger partial charge in [0.2, 0.25) is 0 Å². The van der Waals surface area contributed by atoms with Gasteiger partial charge in [-0.3, -0.25) is 4.90 Å². The lowest BCUT2D eigenvalue weighted by Crippen LogP contribution is -2.37. The van der Waals surface area contributed by atoms with Crippen molar-refractivity contribution in [2.45, 2.75) is 52.1 Å². The number of hydrogen-bond acceptors (Lipinski definition) is 2. The van der Waals surface area contributed by atoms with Crippen LogP contribution in [0.25, 0.3) is 0 Å². The van der Waals surface area contributed by atoms with Crippen LogP contribution < -0.4 is 5.73 Å². The van der Waals surface area contributed by atoms with Crippen molar-refractivity contribution in [3.63, 3.8) is 0 Å². The molecule has 2 atom stereocenters. The van der Waals surface area contributed by atoms with E-state index in [0.29, 0.717) is 6.04 Å². The van der Waals surface area contributed by atoms with E-state index in [1.165, 1.54) is 43.5 Å². The monoisotopic (exact) mass is 260 g/mol. The molecule has 1 aromatic rings. The van der Waals surface area contributed by atoms with Gasteiger partial charge in [-0.15, -0.1) is 0 Å². The number of rotatable bonds is 5. The maximum Gasteiger partial charge on any atom is 0.0233 e. The Labute approximate surface area is 118 Å². The molecule has 1 heterocycles. The summed E-state index contributed by atoms with van der Waals surface area (Å²) in [6.07, 6.45) is 4.99. The predicted octanol–water partition coefficient (Wildman–Crippen LogP) is 3.33. The smallest absolute Gasteiger partial charge is 0.0233 e. The van der Waals surface area contributed by atoms with E-state index in [9.17, 15) is 0 Å². The summed E-state index contributed by atoms with van der Waals surface area (Å²) in [5.74, 6) is 0.800. The molecule has 2 rings (SSSR count). The van der Waals surface area contributed by atoms with Gasteiger partial charge in [0.15, 0.2) is 0 Å². The van der Waals surface area contributed by atoms with Crippen LogP contribution in [0.4, 0.5) is 0 Å². The summed E-state index contributed by atoms with van der Waals surface area (Å²) in [6, 6.07) is 9.28. The number of nitrogens with zero attached hydrogens (tertiary/aromatic N) is 1. The van der Waals surface area contributed by atoms with E-state index in [-0.39, 0.29) is 0 Å². The molecule has 1 saturated heterocycles. The van der Waals surface area contributed by atoms with Crippen LogP contribution in [0, 0.1) is 12.8 Å². The van der Waals surface area contributed by atoms with Gasteiger partial charge in [-0.1, -0.05) is 36.8 Å². The SMILES string of the molecule is CCC(N)CC1CCCN(Cc2cccc(C)c2)C1. The van der Waals surface area contributed by atoms with Gasteiger partial charge in [0.25, 0.3) is 0 Å². The van der Waals surface area contributed by atoms with Gasteiger partial charge in [-0.05, 0) is 50.6 Å². The summed E-state index contributed by atoms with van der Waals surface area (Å²) < 4.78 is 0. The van der Waals surface area contributed by atoms with Crippen LogP contribution in [0.3, 0.4) is 0 Å². The molecule has 2 N–H and O–H groups in total. The highest BCUT2D eigenvalue weighted by Crippen LogP contribution is 2.22. The van der Waals surface area contributed by atoms with Gasteiger partial charge < -0.3 is 5.73 Å². The van der Waals surface area contributed by atoms with Gasteiger partial charge in [-0.25, -0.2) is 0 Å². The van der Waals surface area contributed by atoms with E-state index in [0.717, 1.165) is 18.9 Å². The molecule has 2 nitrogen and oxygen atoms in total. The van der Waals surface area contributed by atoms with Gasteiger partial charge in [0.05, 0.1) is 0 Å². The maximum absolute atomic E-state index is 6.10. The number of likely N-dealkylation sites (tertiary alicyclic amines) is 1. The summed E-state index contributed by atoms with van der Waals surface area (Å²) in [5.41, 5.74) is 8.91. The molecule has 19 heavy (non-hydrogen) atoms. The number of benzene rings is 1. The molecular weight excluding hydrogens is 232 g/mol. The molecule has 0 aromatic heterocycles. The highest BCUT2D eigenvalue weighted by Gasteiger charge is 2.21. The van der Waals surface area contributed by atoms with Crippen molar-refractivity contribution in [2.24, 2.45) is 11.7 Å². The average molecular weight is 260 g/mol. The Morgan fingerprint density at radius 2 is 2.26 bits per heavy atom. The highest BCUT2D eigenvalue weighted by molar-refractivity contribution is 5.22. The minimum atomic E-state index is 0.393. The molecule has 1 aliphatic rings. The minimum Gasteiger partial charge on any atom is -0.328 e. The summed E-state index contributed by atoms with van der Waals surface area (Å²) in [6.45, 7) is 7.92. The Morgan fingerprint density at radius 3 is 3.00 bits per heavy atom. The second-order valence-electron chi connectivity index (χ2n) is 6.14. The van der Waals surface area contributed by atoms with Crippen LogP contribution >= 0.6 is 0 Å². The lowest BCUT2D eigenvalue weighted by Gasteiger charge is -2.34. The quantitative estimate of drug-likeness (QED) is 0.880. The lowest BCUT2D eigenvalue weighted by atomic mass is 9.90. The maximum atomic E-state index is 6.10. The minimum absolute atomic E-state index is 0.393. The number of aryl methyl sites for hydroxylation is 1. The first-order valence-corrected chi connectivity index (χ1v) is 7.71. The molecule has 1 aliphatic heterocycles. The molecule has 2 heteroatoms. The topological polar surface area (TPSA) is 29.3 Å². The summed E-state index contributed by atoms with van der Waals surface area (Å²) >= 11 is 0. The van der Waals surface area contributed by atoms with E-state index in [4.69, 9.17) is 5.73 Å². The molecule has 0 spiro atoms.